The summed E-state index contributed by atoms with van der Waals surface area (Å²) < 4.78 is 8.38. The van der Waals surface area contributed by atoms with Crippen LogP contribution in [0.5, 0.6) is 0 Å². The third kappa shape index (κ3) is 5.06. The van der Waals surface area contributed by atoms with E-state index in [-0.39, 0.29) is 39.0 Å². The second kappa shape index (κ2) is 12.1. The minimum atomic E-state index is -0.472. The van der Waals surface area contributed by atoms with Gasteiger partial charge in [0.2, 0.25) is 0 Å². The van der Waals surface area contributed by atoms with E-state index in [9.17, 15) is 4.79 Å². The molecule has 7 heteroatoms. The van der Waals surface area contributed by atoms with Gasteiger partial charge in [0, 0.05) is 28.4 Å². The summed E-state index contributed by atoms with van der Waals surface area (Å²) in [4.78, 5) is 14.6. The fourth-order valence-electron chi connectivity index (χ4n) is 13.3. The molecule has 0 amide bonds. The van der Waals surface area contributed by atoms with Crippen LogP contribution in [0, 0.1) is 44.8 Å². The first-order valence-electron chi connectivity index (χ1n) is 20.4. The zero-order valence-corrected chi connectivity index (χ0v) is 33.2. The summed E-state index contributed by atoms with van der Waals surface area (Å²) in [5.41, 5.74) is 14.3. The summed E-state index contributed by atoms with van der Waals surface area (Å²) in [5.74, 6) is 1.82. The highest BCUT2D eigenvalue weighted by Crippen LogP contribution is 2.77. The topological polar surface area (TPSA) is 98.8 Å². The van der Waals surface area contributed by atoms with Gasteiger partial charge >= 0.3 is 5.97 Å². The van der Waals surface area contributed by atoms with Crippen LogP contribution in [-0.4, -0.2) is 32.6 Å². The van der Waals surface area contributed by atoms with Gasteiger partial charge in [-0.3, -0.25) is 14.6 Å². The van der Waals surface area contributed by atoms with Gasteiger partial charge in [-0.25, -0.2) is 0 Å². The molecule has 0 radical (unpaired) electrons. The summed E-state index contributed by atoms with van der Waals surface area (Å²) in [7, 11) is 0. The summed E-state index contributed by atoms with van der Waals surface area (Å²) in [6.07, 6.45) is 15.6. The van der Waals surface area contributed by atoms with Gasteiger partial charge < -0.3 is 10.5 Å². The first-order chi connectivity index (χ1) is 24.6. The highest BCUT2D eigenvalue weighted by atomic mass is 16.5. The van der Waals surface area contributed by atoms with Crippen LogP contribution in [-0.2, 0) is 27.9 Å². The van der Waals surface area contributed by atoms with Gasteiger partial charge in [0.1, 0.15) is 5.82 Å². The number of rotatable bonds is 7. The molecule has 3 aromatic rings. The molecule has 52 heavy (non-hydrogen) atoms. The zero-order valence-electron chi connectivity index (χ0n) is 33.2. The largest absolute Gasteiger partial charge is 0.465 e. The van der Waals surface area contributed by atoms with Crippen LogP contribution < -0.4 is 5.73 Å². The van der Waals surface area contributed by atoms with Gasteiger partial charge in [-0.2, -0.15) is 10.2 Å². The third-order valence-electron chi connectivity index (χ3n) is 16.3. The maximum Gasteiger partial charge on any atom is 0.312 e. The molecule has 0 spiro atoms. The Morgan fingerprint density at radius 1 is 1.00 bits per heavy atom. The lowest BCUT2D eigenvalue weighted by atomic mass is 9.33. The predicted molar refractivity (Wildman–Crippen MR) is 208 cm³/mol. The molecule has 1 unspecified atom stereocenters. The number of ether oxygens (including phenoxy) is 1. The zero-order chi connectivity index (χ0) is 36.9. The van der Waals surface area contributed by atoms with Gasteiger partial charge in [0.25, 0.3) is 0 Å². The predicted octanol–water partition coefficient (Wildman–Crippen LogP) is 9.92. The van der Waals surface area contributed by atoms with Gasteiger partial charge in [-0.05, 0) is 115 Å². The lowest BCUT2D eigenvalue weighted by molar-refractivity contribution is -0.180. The molecule has 3 N–H and O–H groups in total. The van der Waals surface area contributed by atoms with Crippen molar-refractivity contribution in [1.29, 1.82) is 0 Å². The van der Waals surface area contributed by atoms with Crippen LogP contribution in [0.1, 0.15) is 142 Å². The molecule has 8 rings (SSSR count). The monoisotopic (exact) mass is 705 g/mol. The molecule has 280 valence electrons. The van der Waals surface area contributed by atoms with Gasteiger partial charge in [0.05, 0.1) is 24.8 Å². The van der Waals surface area contributed by atoms with Crippen molar-refractivity contribution in [3.63, 3.8) is 0 Å². The van der Waals surface area contributed by atoms with Crippen molar-refractivity contribution < 1.29 is 9.53 Å². The number of carbonyl (C=O) groups excluding carboxylic acids is 1. The number of H-pyrrole nitrogens is 1. The van der Waals surface area contributed by atoms with E-state index in [2.05, 4.69) is 113 Å². The molecule has 2 aromatic heterocycles. The standard InChI is InChI=1S/C45H63N5O2/c1-9-10-22-52-39(51)45-20-18-40(2,3)25-33(45)36-31(30-26-47-50(28-30)27-29-14-12-11-13-15-29)23-35-42(6)24-32-37(48-49-38(32)46)41(4,5)34(42)16-17-43(35,7)44(36,8)19-21-45/h11-15,26,28,33-35H,9-10,16-25,27H2,1-8H3,(H3,46,48,49)/t33-,34-,35?,42-,43+,44+,45-/m0/s1. The molecule has 0 bridgehead atoms. The van der Waals surface area contributed by atoms with Crippen LogP contribution in [0.25, 0.3) is 5.57 Å². The number of aromatic nitrogens is 4. The Kier molecular flexibility index (Phi) is 8.29. The van der Waals surface area contributed by atoms with E-state index >= 15 is 0 Å². The van der Waals surface area contributed by atoms with Crippen molar-refractivity contribution >= 4 is 17.4 Å². The number of nitrogens with zero attached hydrogens (tertiary/aromatic N) is 3. The minimum Gasteiger partial charge on any atom is -0.465 e. The van der Waals surface area contributed by atoms with E-state index in [0.717, 1.165) is 64.3 Å². The minimum absolute atomic E-state index is 0.0285. The molecule has 0 aliphatic heterocycles. The van der Waals surface area contributed by atoms with E-state index in [1.54, 1.807) is 5.57 Å². The maximum atomic E-state index is 14.6. The Balaban J connectivity index is 1.32. The number of nitrogen functional groups attached to an aromatic ring is 1. The molecule has 1 aromatic carbocycles. The van der Waals surface area contributed by atoms with Crippen molar-refractivity contribution in [3.8, 4) is 0 Å². The second-order valence-electron chi connectivity index (χ2n) is 19.8. The molecule has 5 aliphatic carbocycles. The number of esters is 1. The van der Waals surface area contributed by atoms with Crippen LogP contribution in [0.15, 0.2) is 48.3 Å². The summed E-state index contributed by atoms with van der Waals surface area (Å²) >= 11 is 0. The number of benzene rings is 1. The number of nitrogens with one attached hydrogen (secondary N) is 1. The Labute approximate surface area is 311 Å². The third-order valence-corrected chi connectivity index (χ3v) is 16.3. The summed E-state index contributed by atoms with van der Waals surface area (Å²) in [6.45, 7) is 21.0. The van der Waals surface area contributed by atoms with Crippen molar-refractivity contribution in [2.45, 2.75) is 138 Å². The summed E-state index contributed by atoms with van der Waals surface area (Å²) in [5, 5.41) is 13.0. The number of hydrogen-bond donors (Lipinski definition) is 2. The molecule has 3 saturated carbocycles. The molecule has 7 nitrogen and oxygen atoms in total. The van der Waals surface area contributed by atoms with E-state index in [1.807, 2.05) is 0 Å². The van der Waals surface area contributed by atoms with Crippen molar-refractivity contribution in [3.05, 3.63) is 70.7 Å². The number of unbranched alkanes of at least 4 members (excludes halogenated alkanes) is 1. The molecule has 5 aliphatic rings. The van der Waals surface area contributed by atoms with Gasteiger partial charge in [-0.15, -0.1) is 0 Å². The number of nitrogens with two attached hydrogens (primary N) is 1. The van der Waals surface area contributed by atoms with Crippen LogP contribution in [0.4, 0.5) is 5.82 Å². The molecule has 0 saturated heterocycles. The maximum absolute atomic E-state index is 14.6. The smallest absolute Gasteiger partial charge is 0.312 e. The Hall–Kier alpha value is -3.35. The van der Waals surface area contributed by atoms with Crippen LogP contribution in [0.2, 0.25) is 0 Å². The molecule has 2 heterocycles. The molecule has 7 atom stereocenters. The van der Waals surface area contributed by atoms with E-state index < -0.39 is 5.41 Å². The highest BCUT2D eigenvalue weighted by Gasteiger charge is 2.70. The Morgan fingerprint density at radius 2 is 1.75 bits per heavy atom. The normalized spacial score (nSPS) is 35.8. The van der Waals surface area contributed by atoms with Gasteiger partial charge in [-0.1, -0.05) is 97.7 Å². The number of hydrogen-bond acceptors (Lipinski definition) is 5. The molecular formula is C45H63N5O2. The second-order valence-corrected chi connectivity index (χ2v) is 19.8. The fourth-order valence-corrected chi connectivity index (χ4v) is 13.3. The van der Waals surface area contributed by atoms with Crippen LogP contribution in [0.3, 0.4) is 0 Å². The van der Waals surface area contributed by atoms with Crippen molar-refractivity contribution in [2.24, 2.45) is 44.8 Å². The van der Waals surface area contributed by atoms with E-state index in [4.69, 9.17) is 15.6 Å². The number of aromatic amines is 1. The van der Waals surface area contributed by atoms with Crippen LogP contribution >= 0.6 is 0 Å². The lowest BCUT2D eigenvalue weighted by Gasteiger charge is -2.71. The lowest BCUT2D eigenvalue weighted by Crippen LogP contribution is -2.65. The Bertz CT molecular complexity index is 1890. The average Bonchev–Trinajstić information content (AvgIpc) is 3.71. The average molecular weight is 706 g/mol. The van der Waals surface area contributed by atoms with Crippen molar-refractivity contribution in [2.75, 3.05) is 12.3 Å². The number of anilines is 1. The number of fused-ring (bicyclic) bond motifs is 8. The van der Waals surface area contributed by atoms with Crippen molar-refractivity contribution in [1.82, 2.24) is 20.0 Å². The number of carbonyl (C=O) groups is 1. The summed E-state index contributed by atoms with van der Waals surface area (Å²) in [6, 6.07) is 10.6. The van der Waals surface area contributed by atoms with E-state index in [1.165, 1.54) is 40.8 Å². The first kappa shape index (κ1) is 35.7. The van der Waals surface area contributed by atoms with E-state index in [0.29, 0.717) is 24.3 Å². The molecular weight excluding hydrogens is 643 g/mol. The SMILES string of the molecule is CCCCOC(=O)[C@]12CCC(C)(C)C[C@H]1C1=C(c3cnn(Cc4ccccc4)c3)CC3[C@@]4(C)Cc5c(N)n[nH]c5C(C)(C)[C@@H]4CC[C@@]3(C)[C@]1(C)CC2. The Morgan fingerprint density at radius 3 is 2.50 bits per heavy atom. The molecule has 3 fully saturated rings. The fraction of sp³-hybridized carbons (Fsp3) is 0.667. The highest BCUT2D eigenvalue weighted by molar-refractivity contribution is 5.81. The first-order valence-corrected chi connectivity index (χ1v) is 20.4. The van der Waals surface area contributed by atoms with Gasteiger partial charge in [0.15, 0.2) is 0 Å². The number of allylic oxidation sites excluding steroid dienone is 2. The quantitative estimate of drug-likeness (QED) is 0.188.